The van der Waals surface area contributed by atoms with Crippen LogP contribution in [-0.2, 0) is 54.0 Å². The summed E-state index contributed by atoms with van der Waals surface area (Å²) in [4.78, 5) is 27.7. The van der Waals surface area contributed by atoms with Crippen molar-refractivity contribution in [1.82, 2.24) is 4.57 Å². The number of esters is 1. The van der Waals surface area contributed by atoms with Crippen LogP contribution in [-0.4, -0.2) is 132 Å². The van der Waals surface area contributed by atoms with Crippen LogP contribution in [0.25, 0.3) is 22.4 Å². The number of halogens is 1. The molecule has 4 aromatic rings. The SMILES string of the molecule is CC(C)c1c(C(=O)Nc2ccc(OCCOCCOCCOCCOCCOCCOCCN)cc2)c(-c2ccccc2)c(-c2ccc(F)cc2)n1CC[C@@H]1C[C@H](CC(=O)OC(C)(C)C)OC(C)(C)O1. The number of aromatic nitrogens is 1. The summed E-state index contributed by atoms with van der Waals surface area (Å²) in [6.45, 7) is 20.3. The van der Waals surface area contributed by atoms with Gasteiger partial charge in [-0.15, -0.1) is 0 Å². The minimum atomic E-state index is -0.940. The number of benzene rings is 3. The fourth-order valence-corrected chi connectivity index (χ4v) is 8.19. The molecule has 15 nitrogen and oxygen atoms in total. The van der Waals surface area contributed by atoms with Crippen LogP contribution in [0.4, 0.5) is 10.1 Å². The zero-order valence-corrected chi connectivity index (χ0v) is 42.3. The first-order chi connectivity index (χ1) is 33.6. The molecule has 1 amide bonds. The van der Waals surface area contributed by atoms with E-state index in [2.05, 4.69) is 23.7 Å². The van der Waals surface area contributed by atoms with E-state index in [0.29, 0.717) is 129 Å². The predicted molar refractivity (Wildman–Crippen MR) is 267 cm³/mol. The van der Waals surface area contributed by atoms with Gasteiger partial charge in [-0.25, -0.2) is 4.39 Å². The first kappa shape index (κ1) is 56.2. The van der Waals surface area contributed by atoms with Gasteiger partial charge in [0.2, 0.25) is 0 Å². The molecule has 1 aliphatic rings. The van der Waals surface area contributed by atoms with E-state index in [0.717, 1.165) is 28.1 Å². The van der Waals surface area contributed by atoms with Crippen molar-refractivity contribution in [2.45, 2.75) is 104 Å². The van der Waals surface area contributed by atoms with E-state index in [9.17, 15) is 14.0 Å². The molecule has 0 aliphatic carbocycles. The number of nitrogens with two attached hydrogens (primary N) is 1. The van der Waals surface area contributed by atoms with Crippen LogP contribution in [0.5, 0.6) is 5.75 Å². The summed E-state index contributed by atoms with van der Waals surface area (Å²) >= 11 is 0. The predicted octanol–water partition coefficient (Wildman–Crippen LogP) is 8.81. The lowest BCUT2D eigenvalue weighted by Crippen LogP contribution is -2.46. The van der Waals surface area contributed by atoms with Gasteiger partial charge in [-0.05, 0) is 107 Å². The Morgan fingerprint density at radius 1 is 0.729 bits per heavy atom. The van der Waals surface area contributed by atoms with Crippen molar-refractivity contribution in [3.05, 3.63) is 95.9 Å². The monoisotopic (exact) mass is 978 g/mol. The molecule has 0 bridgehead atoms. The second kappa shape index (κ2) is 28.9. The van der Waals surface area contributed by atoms with Crippen molar-refractivity contribution >= 4 is 17.6 Å². The summed E-state index contributed by atoms with van der Waals surface area (Å²) in [6.07, 6.45) is 0.450. The molecule has 0 radical (unpaired) electrons. The normalized spacial score (nSPS) is 15.9. The lowest BCUT2D eigenvalue weighted by atomic mass is 9.94. The van der Waals surface area contributed by atoms with Gasteiger partial charge in [0.05, 0.1) is 109 Å². The van der Waals surface area contributed by atoms with Gasteiger partial charge in [-0.3, -0.25) is 9.59 Å². The molecule has 2 atom stereocenters. The maximum atomic E-state index is 14.8. The molecule has 16 heteroatoms. The van der Waals surface area contributed by atoms with Crippen LogP contribution in [0.1, 0.15) is 89.7 Å². The molecule has 70 heavy (non-hydrogen) atoms. The highest BCUT2D eigenvalue weighted by molar-refractivity contribution is 6.12. The number of hydrogen-bond donors (Lipinski definition) is 2. The lowest BCUT2D eigenvalue weighted by molar-refractivity contribution is -0.301. The summed E-state index contributed by atoms with van der Waals surface area (Å²) in [5.41, 5.74) is 9.83. The quantitative estimate of drug-likeness (QED) is 0.0363. The van der Waals surface area contributed by atoms with Crippen molar-refractivity contribution < 1.29 is 61.3 Å². The Hall–Kier alpha value is -4.75. The number of carbonyl (C=O) groups is 2. The van der Waals surface area contributed by atoms with Gasteiger partial charge in [0.15, 0.2) is 5.79 Å². The van der Waals surface area contributed by atoms with E-state index in [1.165, 1.54) is 12.1 Å². The fraction of sp³-hybridized carbons (Fsp3) is 0.556. The first-order valence-electron chi connectivity index (χ1n) is 24.5. The van der Waals surface area contributed by atoms with E-state index < -0.39 is 17.5 Å². The zero-order chi connectivity index (χ0) is 50.4. The number of nitrogens with one attached hydrogen (secondary N) is 1. The summed E-state index contributed by atoms with van der Waals surface area (Å²) in [5, 5.41) is 3.16. The maximum absolute atomic E-state index is 14.8. The van der Waals surface area contributed by atoms with Crippen LogP contribution < -0.4 is 15.8 Å². The third-order valence-electron chi connectivity index (χ3n) is 10.9. The van der Waals surface area contributed by atoms with Crippen LogP contribution in [0.15, 0.2) is 78.9 Å². The number of nitrogens with zero attached hydrogens (tertiary/aromatic N) is 1. The van der Waals surface area contributed by atoms with Crippen LogP contribution in [0, 0.1) is 5.82 Å². The number of ether oxygens (including phenoxy) is 10. The average molecular weight is 978 g/mol. The number of hydrogen-bond acceptors (Lipinski definition) is 13. The van der Waals surface area contributed by atoms with Crippen LogP contribution in [0.3, 0.4) is 0 Å². The highest BCUT2D eigenvalue weighted by Crippen LogP contribution is 2.43. The molecule has 3 N–H and O–H groups in total. The molecular weight excluding hydrogens is 902 g/mol. The maximum Gasteiger partial charge on any atom is 0.308 e. The Balaban J connectivity index is 1.18. The van der Waals surface area contributed by atoms with Crippen molar-refractivity contribution in [1.29, 1.82) is 0 Å². The van der Waals surface area contributed by atoms with Crippen LogP contribution >= 0.6 is 0 Å². The van der Waals surface area contributed by atoms with E-state index in [1.54, 1.807) is 36.4 Å². The Morgan fingerprint density at radius 3 is 1.79 bits per heavy atom. The van der Waals surface area contributed by atoms with E-state index >= 15 is 0 Å². The minimum absolute atomic E-state index is 0.102. The third kappa shape index (κ3) is 19.1. The minimum Gasteiger partial charge on any atom is -0.491 e. The molecule has 0 spiro atoms. The van der Waals surface area contributed by atoms with Crippen LogP contribution in [0.2, 0.25) is 0 Å². The lowest BCUT2D eigenvalue weighted by Gasteiger charge is -2.41. The highest BCUT2D eigenvalue weighted by Gasteiger charge is 2.38. The number of amides is 1. The topological polar surface area (TPSA) is 169 Å². The Bertz CT molecular complexity index is 2140. The molecule has 0 saturated carbocycles. The van der Waals surface area contributed by atoms with Gasteiger partial charge >= 0.3 is 5.97 Å². The Morgan fingerprint density at radius 2 is 1.26 bits per heavy atom. The zero-order valence-electron chi connectivity index (χ0n) is 42.3. The molecular formula is C54H76FN3O12. The summed E-state index contributed by atoms with van der Waals surface area (Å²) in [5.74, 6) is -1.39. The summed E-state index contributed by atoms with van der Waals surface area (Å²) in [6, 6.07) is 23.4. The highest BCUT2D eigenvalue weighted by atomic mass is 19.1. The van der Waals surface area contributed by atoms with Crippen molar-refractivity contribution in [3.63, 3.8) is 0 Å². The number of rotatable bonds is 31. The largest absolute Gasteiger partial charge is 0.491 e. The van der Waals surface area contributed by atoms with E-state index in [1.807, 2.05) is 65.0 Å². The van der Waals surface area contributed by atoms with Crippen molar-refractivity contribution in [2.75, 3.05) is 97.8 Å². The van der Waals surface area contributed by atoms with Gasteiger partial charge in [0.1, 0.15) is 23.8 Å². The van der Waals surface area contributed by atoms with Gasteiger partial charge < -0.3 is 63.0 Å². The smallest absolute Gasteiger partial charge is 0.308 e. The van der Waals surface area contributed by atoms with Gasteiger partial charge in [-0.1, -0.05) is 44.2 Å². The third-order valence-corrected chi connectivity index (χ3v) is 10.9. The summed E-state index contributed by atoms with van der Waals surface area (Å²) < 4.78 is 73.8. The number of anilines is 1. The first-order valence-corrected chi connectivity index (χ1v) is 24.5. The summed E-state index contributed by atoms with van der Waals surface area (Å²) in [7, 11) is 0. The van der Waals surface area contributed by atoms with E-state index in [-0.39, 0.29) is 36.1 Å². The second-order valence-electron chi connectivity index (χ2n) is 18.6. The van der Waals surface area contributed by atoms with Gasteiger partial charge in [0.25, 0.3) is 5.91 Å². The van der Waals surface area contributed by atoms with E-state index in [4.69, 9.17) is 53.1 Å². The standard InChI is InChI=1S/C54H76FN3O12/c1-39(2)50-49(52(60)57-43-17-19-44(20-18-43)67-36-35-66-34-33-65-32-31-64-30-29-63-28-27-62-26-25-61-24-22-56)48(40-11-9-8-10-12-40)51(41-13-15-42(55)16-14-41)58(50)23-21-45-37-46(69-54(6,7)68-45)38-47(59)70-53(3,4)5/h8-20,39,45-46H,21-38,56H2,1-7H3,(H,57,60)/t45-,46-/m1/s1. The molecule has 2 heterocycles. The molecule has 1 aromatic heterocycles. The Labute approximate surface area is 413 Å². The molecule has 5 rings (SSSR count). The molecule has 1 fully saturated rings. The molecule has 1 aliphatic heterocycles. The molecule has 3 aromatic carbocycles. The van der Waals surface area contributed by atoms with Crippen molar-refractivity contribution in [2.24, 2.45) is 5.73 Å². The Kier molecular flexibility index (Phi) is 23.2. The fourth-order valence-electron chi connectivity index (χ4n) is 8.19. The van der Waals surface area contributed by atoms with Gasteiger partial charge in [-0.2, -0.15) is 0 Å². The molecule has 1 saturated heterocycles. The molecule has 386 valence electrons. The average Bonchev–Trinajstić information content (AvgIpc) is 3.66. The van der Waals surface area contributed by atoms with Crippen molar-refractivity contribution in [3.8, 4) is 28.1 Å². The second-order valence-corrected chi connectivity index (χ2v) is 18.6. The molecule has 0 unspecified atom stereocenters. The number of carbonyl (C=O) groups excluding carboxylic acids is 2. The van der Waals surface area contributed by atoms with Gasteiger partial charge in [0, 0.05) is 36.5 Å².